The van der Waals surface area contributed by atoms with Crippen LogP contribution < -0.4 is 0 Å². The second-order valence-electron chi connectivity index (χ2n) is 11.3. The van der Waals surface area contributed by atoms with E-state index >= 15 is 0 Å². The average Bonchev–Trinajstić information content (AvgIpc) is 3.07. The Kier molecular flexibility index (Phi) is 6.16. The van der Waals surface area contributed by atoms with Gasteiger partial charge in [0.2, 0.25) is 0 Å². The van der Waals surface area contributed by atoms with E-state index in [2.05, 4.69) is 159 Å². The van der Waals surface area contributed by atoms with Gasteiger partial charge < -0.3 is 5.32 Å². The van der Waals surface area contributed by atoms with Crippen molar-refractivity contribution in [2.75, 3.05) is 6.54 Å². The highest BCUT2D eigenvalue weighted by Crippen LogP contribution is 2.46. The third kappa shape index (κ3) is 4.33. The fourth-order valence-electron chi connectivity index (χ4n) is 6.72. The fourth-order valence-corrected chi connectivity index (χ4v) is 6.72. The van der Waals surface area contributed by atoms with Crippen molar-refractivity contribution >= 4 is 38.0 Å². The van der Waals surface area contributed by atoms with Crippen LogP contribution >= 0.6 is 0 Å². The molecular weight excluding hydrogens is 518 g/mol. The molecule has 0 N–H and O–H groups in total. The molecule has 7 aromatic carbocycles. The van der Waals surface area contributed by atoms with Crippen LogP contribution in [0.5, 0.6) is 0 Å². The monoisotopic (exact) mass is 548 g/mol. The first kappa shape index (κ1) is 25.3. The highest BCUT2D eigenvalue weighted by Gasteiger charge is 2.18. The summed E-state index contributed by atoms with van der Waals surface area (Å²) in [7, 11) is 0. The summed E-state index contributed by atoms with van der Waals surface area (Å²) in [6, 6.07) is 50.9. The molecule has 0 aliphatic carbocycles. The third-order valence-electron chi connectivity index (χ3n) is 8.72. The van der Waals surface area contributed by atoms with Crippen LogP contribution in [0.1, 0.15) is 12.5 Å². The van der Waals surface area contributed by atoms with Crippen molar-refractivity contribution in [3.05, 3.63) is 168 Å². The third-order valence-corrected chi connectivity index (χ3v) is 8.72. The zero-order valence-electron chi connectivity index (χ0n) is 24.1. The van der Waals surface area contributed by atoms with Gasteiger partial charge in [0.15, 0.2) is 0 Å². The molecule has 7 aromatic rings. The van der Waals surface area contributed by atoms with E-state index in [1.807, 2.05) is 0 Å². The highest BCUT2D eigenvalue weighted by molar-refractivity contribution is 6.24. The molecule has 0 aromatic heterocycles. The molecule has 0 saturated heterocycles. The summed E-state index contributed by atoms with van der Waals surface area (Å²) in [5, 5.41) is 12.3. The Hall–Kier alpha value is -5.40. The number of fused-ring (bicyclic) bond motifs is 3. The van der Waals surface area contributed by atoms with E-state index in [0.29, 0.717) is 0 Å². The lowest BCUT2D eigenvalue weighted by atomic mass is 9.84. The number of allylic oxidation sites excluding steroid dienone is 2. The van der Waals surface area contributed by atoms with E-state index in [9.17, 15) is 0 Å². The van der Waals surface area contributed by atoms with Crippen LogP contribution in [0.3, 0.4) is 0 Å². The molecule has 1 heteroatoms. The Labute approximate surface area is 252 Å². The van der Waals surface area contributed by atoms with Gasteiger partial charge >= 0.3 is 0 Å². The van der Waals surface area contributed by atoms with Crippen molar-refractivity contribution in [3.63, 3.8) is 0 Å². The van der Waals surface area contributed by atoms with Crippen LogP contribution in [0.4, 0.5) is 0 Å². The SMILES string of the molecule is CC1=CC[N-]C(c2ccc(-c3c4ccccc4c(-c4cccc5c(-c6ccccc6)cccc45)c4ccccc34)cc2)=C1. The molecular formula is C42H30N-. The van der Waals surface area contributed by atoms with E-state index in [4.69, 9.17) is 5.32 Å². The van der Waals surface area contributed by atoms with E-state index in [-0.39, 0.29) is 0 Å². The molecule has 204 valence electrons. The van der Waals surface area contributed by atoms with Gasteiger partial charge in [0, 0.05) is 0 Å². The smallest absolute Gasteiger partial charge is 0.00201 e. The number of rotatable bonds is 4. The standard InChI is InChI=1S/C42H30N/c1-28-25-26-43-40(27-28)30-21-23-31(24-22-30)41-36-13-5-7-15-38(36)42(39-16-8-6-14-37(39)41)35-20-10-18-33-32(17-9-19-34(33)35)29-11-3-2-4-12-29/h2-25,27H,26H2,1H3/q-1. The molecule has 0 spiro atoms. The molecule has 1 nitrogen and oxygen atoms in total. The zero-order chi connectivity index (χ0) is 28.8. The zero-order valence-corrected chi connectivity index (χ0v) is 24.1. The summed E-state index contributed by atoms with van der Waals surface area (Å²) in [4.78, 5) is 0. The molecule has 43 heavy (non-hydrogen) atoms. The molecule has 1 aliphatic heterocycles. The Bertz CT molecular complexity index is 2160. The largest absolute Gasteiger partial charge is 0.681 e. The Morgan fingerprint density at radius 2 is 0.930 bits per heavy atom. The fraction of sp³-hybridized carbons (Fsp3) is 0.0476. The molecule has 8 rings (SSSR count). The van der Waals surface area contributed by atoms with Gasteiger partial charge in [-0.25, -0.2) is 0 Å². The van der Waals surface area contributed by atoms with Crippen LogP contribution in [0, 0.1) is 0 Å². The van der Waals surface area contributed by atoms with Gasteiger partial charge in [0.05, 0.1) is 0 Å². The van der Waals surface area contributed by atoms with E-state index in [1.165, 1.54) is 71.3 Å². The maximum atomic E-state index is 4.73. The van der Waals surface area contributed by atoms with Crippen molar-refractivity contribution < 1.29 is 0 Å². The lowest BCUT2D eigenvalue weighted by Gasteiger charge is -2.28. The van der Waals surface area contributed by atoms with Crippen molar-refractivity contribution in [3.8, 4) is 33.4 Å². The first-order valence-electron chi connectivity index (χ1n) is 14.9. The summed E-state index contributed by atoms with van der Waals surface area (Å²) in [5.74, 6) is 0. The van der Waals surface area contributed by atoms with Gasteiger partial charge in [-0.1, -0.05) is 157 Å². The minimum Gasteiger partial charge on any atom is -0.681 e. The van der Waals surface area contributed by atoms with Gasteiger partial charge in [-0.15, -0.1) is 12.2 Å². The quantitative estimate of drug-likeness (QED) is 0.194. The average molecular weight is 549 g/mol. The van der Waals surface area contributed by atoms with Gasteiger partial charge in [0.25, 0.3) is 0 Å². The normalized spacial score (nSPS) is 13.1. The van der Waals surface area contributed by atoms with Crippen molar-refractivity contribution in [2.45, 2.75) is 6.92 Å². The van der Waals surface area contributed by atoms with Gasteiger partial charge in [-0.05, 0) is 78.2 Å². The maximum Gasteiger partial charge on any atom is -0.00201 e. The maximum absolute atomic E-state index is 4.73. The van der Waals surface area contributed by atoms with E-state index < -0.39 is 0 Å². The number of hydrogen-bond donors (Lipinski definition) is 0. The molecule has 1 aliphatic rings. The molecule has 0 unspecified atom stereocenters. The summed E-state index contributed by atoms with van der Waals surface area (Å²) in [6.07, 6.45) is 4.33. The second-order valence-corrected chi connectivity index (χ2v) is 11.3. The van der Waals surface area contributed by atoms with Crippen molar-refractivity contribution in [2.24, 2.45) is 0 Å². The minimum absolute atomic E-state index is 0.747. The van der Waals surface area contributed by atoms with E-state index in [1.54, 1.807) is 0 Å². The van der Waals surface area contributed by atoms with Crippen LogP contribution in [0.15, 0.2) is 157 Å². The lowest BCUT2D eigenvalue weighted by Crippen LogP contribution is -1.94. The van der Waals surface area contributed by atoms with Crippen LogP contribution in [0.25, 0.3) is 76.7 Å². The molecule has 0 saturated carbocycles. The van der Waals surface area contributed by atoms with Crippen molar-refractivity contribution in [1.29, 1.82) is 0 Å². The van der Waals surface area contributed by atoms with Crippen LogP contribution in [-0.2, 0) is 0 Å². The first-order chi connectivity index (χ1) is 21.3. The van der Waals surface area contributed by atoms with E-state index in [0.717, 1.165) is 17.8 Å². The predicted octanol–water partition coefficient (Wildman–Crippen LogP) is 11.8. The number of nitrogens with zero attached hydrogens (tertiary/aromatic N) is 1. The first-order valence-corrected chi connectivity index (χ1v) is 14.9. The van der Waals surface area contributed by atoms with Gasteiger partial charge in [-0.2, -0.15) is 0 Å². The molecule has 0 fully saturated rings. The number of benzene rings is 7. The summed E-state index contributed by atoms with van der Waals surface area (Å²) < 4.78 is 0. The van der Waals surface area contributed by atoms with Crippen molar-refractivity contribution in [1.82, 2.24) is 0 Å². The molecule has 1 heterocycles. The Balaban J connectivity index is 1.38. The Morgan fingerprint density at radius 1 is 0.419 bits per heavy atom. The summed E-state index contributed by atoms with van der Waals surface area (Å²) in [5.41, 5.74) is 11.0. The highest BCUT2D eigenvalue weighted by atomic mass is 14.9. The topological polar surface area (TPSA) is 14.1 Å². The molecule has 0 amide bonds. The summed E-state index contributed by atoms with van der Waals surface area (Å²) >= 11 is 0. The molecule has 0 bridgehead atoms. The summed E-state index contributed by atoms with van der Waals surface area (Å²) in [6.45, 7) is 2.89. The predicted molar refractivity (Wildman–Crippen MR) is 185 cm³/mol. The van der Waals surface area contributed by atoms with Crippen LogP contribution in [0.2, 0.25) is 0 Å². The molecule has 0 atom stereocenters. The second kappa shape index (κ2) is 10.5. The molecule has 0 radical (unpaired) electrons. The lowest BCUT2D eigenvalue weighted by molar-refractivity contribution is 1.33. The number of hydrogen-bond acceptors (Lipinski definition) is 0. The minimum atomic E-state index is 0.747. The van der Waals surface area contributed by atoms with Gasteiger partial charge in [0.1, 0.15) is 0 Å². The Morgan fingerprint density at radius 3 is 1.56 bits per heavy atom. The van der Waals surface area contributed by atoms with Gasteiger partial charge in [-0.3, -0.25) is 0 Å². The van der Waals surface area contributed by atoms with Crippen LogP contribution in [-0.4, -0.2) is 6.54 Å².